The summed E-state index contributed by atoms with van der Waals surface area (Å²) in [6, 6.07) is 15.5. The molecular weight excluding hydrogens is 235 g/mol. The van der Waals surface area contributed by atoms with Crippen LogP contribution in [0.5, 0.6) is 0 Å². The predicted octanol–water partition coefficient (Wildman–Crippen LogP) is 5.54. The zero-order chi connectivity index (χ0) is 13.1. The first-order valence-corrected chi connectivity index (χ1v) is 7.19. The molecule has 98 valence electrons. The molecule has 0 aliphatic heterocycles. The van der Waals surface area contributed by atoms with Gasteiger partial charge in [-0.2, -0.15) is 0 Å². The van der Waals surface area contributed by atoms with Crippen molar-refractivity contribution in [1.82, 2.24) is 0 Å². The van der Waals surface area contributed by atoms with Crippen molar-refractivity contribution in [2.24, 2.45) is 0 Å². The van der Waals surface area contributed by atoms with Gasteiger partial charge in [0.15, 0.2) is 0 Å². The smallest absolute Gasteiger partial charge is 0.123 e. The van der Waals surface area contributed by atoms with Gasteiger partial charge >= 0.3 is 0 Å². The molecule has 0 bridgehead atoms. The highest BCUT2D eigenvalue weighted by atomic mass is 19.1. The largest absolute Gasteiger partial charge is 0.207 e. The van der Waals surface area contributed by atoms with E-state index in [0.717, 1.165) is 17.0 Å². The lowest BCUT2D eigenvalue weighted by Crippen LogP contribution is -2.04. The topological polar surface area (TPSA) is 0 Å². The normalized spacial score (nSPS) is 16.5. The van der Waals surface area contributed by atoms with E-state index in [9.17, 15) is 4.39 Å². The van der Waals surface area contributed by atoms with Crippen LogP contribution < -0.4 is 0 Å². The third kappa shape index (κ3) is 2.86. The summed E-state index contributed by atoms with van der Waals surface area (Å²) in [5.74, 6) is 0.559. The maximum Gasteiger partial charge on any atom is 0.123 e. The molecule has 3 rings (SSSR count). The molecule has 1 heteroatoms. The molecule has 0 radical (unpaired) electrons. The number of rotatable bonds is 2. The fourth-order valence-corrected chi connectivity index (χ4v) is 3.05. The van der Waals surface area contributed by atoms with E-state index in [4.69, 9.17) is 0 Å². The van der Waals surface area contributed by atoms with Crippen molar-refractivity contribution in [2.45, 2.75) is 38.0 Å². The van der Waals surface area contributed by atoms with E-state index in [2.05, 4.69) is 24.3 Å². The summed E-state index contributed by atoms with van der Waals surface area (Å²) in [5.41, 5.74) is 3.49. The molecule has 0 spiro atoms. The Bertz CT molecular complexity index is 536. The summed E-state index contributed by atoms with van der Waals surface area (Å²) in [6.07, 6.45) is 6.74. The quantitative estimate of drug-likeness (QED) is 0.660. The molecule has 0 unspecified atom stereocenters. The van der Waals surface area contributed by atoms with E-state index in [1.807, 2.05) is 6.07 Å². The van der Waals surface area contributed by atoms with E-state index in [-0.39, 0.29) is 5.82 Å². The predicted molar refractivity (Wildman–Crippen MR) is 77.7 cm³/mol. The van der Waals surface area contributed by atoms with E-state index in [1.54, 1.807) is 12.1 Å². The number of hydrogen-bond acceptors (Lipinski definition) is 0. The molecule has 19 heavy (non-hydrogen) atoms. The van der Waals surface area contributed by atoms with Crippen LogP contribution in [0, 0.1) is 5.82 Å². The first-order chi connectivity index (χ1) is 9.33. The van der Waals surface area contributed by atoms with Crippen LogP contribution in [-0.2, 0) is 0 Å². The van der Waals surface area contributed by atoms with Gasteiger partial charge in [-0.1, -0.05) is 55.7 Å². The molecule has 0 saturated heterocycles. The van der Waals surface area contributed by atoms with Gasteiger partial charge in [0.2, 0.25) is 0 Å². The van der Waals surface area contributed by atoms with Crippen LogP contribution in [0.4, 0.5) is 4.39 Å². The lowest BCUT2D eigenvalue weighted by Gasteiger charge is -2.22. The average molecular weight is 254 g/mol. The minimum atomic E-state index is -0.172. The van der Waals surface area contributed by atoms with E-state index in [0.29, 0.717) is 0 Å². The first-order valence-electron chi connectivity index (χ1n) is 7.19. The second-order valence-corrected chi connectivity index (χ2v) is 5.47. The molecule has 2 aromatic rings. The summed E-state index contributed by atoms with van der Waals surface area (Å²) in [4.78, 5) is 0. The number of hydrogen-bond donors (Lipinski definition) is 0. The standard InChI is InChI=1S/C18H19F/c19-18-8-4-7-17(13-18)16-11-9-15(10-12-16)14-5-2-1-3-6-14/h4,7-14H,1-3,5-6H2. The highest BCUT2D eigenvalue weighted by Crippen LogP contribution is 2.33. The Kier molecular flexibility index (Phi) is 3.63. The van der Waals surface area contributed by atoms with Gasteiger partial charge < -0.3 is 0 Å². The Balaban J connectivity index is 1.82. The Hall–Kier alpha value is -1.63. The third-order valence-corrected chi connectivity index (χ3v) is 4.15. The van der Waals surface area contributed by atoms with Crippen LogP contribution in [-0.4, -0.2) is 0 Å². The van der Waals surface area contributed by atoms with Gasteiger partial charge in [0, 0.05) is 0 Å². The third-order valence-electron chi connectivity index (χ3n) is 4.15. The fraction of sp³-hybridized carbons (Fsp3) is 0.333. The van der Waals surface area contributed by atoms with Crippen molar-refractivity contribution in [3.05, 3.63) is 59.9 Å². The van der Waals surface area contributed by atoms with Gasteiger partial charge in [-0.25, -0.2) is 4.39 Å². The Morgan fingerprint density at radius 1 is 0.789 bits per heavy atom. The zero-order valence-corrected chi connectivity index (χ0v) is 11.1. The molecule has 0 nitrogen and oxygen atoms in total. The van der Waals surface area contributed by atoms with Crippen LogP contribution in [0.25, 0.3) is 11.1 Å². The molecular formula is C18H19F. The second-order valence-electron chi connectivity index (χ2n) is 5.47. The molecule has 0 aromatic heterocycles. The van der Waals surface area contributed by atoms with Crippen molar-refractivity contribution in [1.29, 1.82) is 0 Å². The molecule has 2 aromatic carbocycles. The highest BCUT2D eigenvalue weighted by molar-refractivity contribution is 5.63. The van der Waals surface area contributed by atoms with Crippen molar-refractivity contribution in [3.63, 3.8) is 0 Å². The minimum Gasteiger partial charge on any atom is -0.207 e. The lowest BCUT2D eigenvalue weighted by molar-refractivity contribution is 0.443. The van der Waals surface area contributed by atoms with E-state index in [1.165, 1.54) is 43.7 Å². The molecule has 1 fully saturated rings. The molecule has 0 heterocycles. The SMILES string of the molecule is Fc1cccc(-c2ccc(C3CCCCC3)cc2)c1. The molecule has 0 amide bonds. The van der Waals surface area contributed by atoms with Crippen molar-refractivity contribution < 1.29 is 4.39 Å². The highest BCUT2D eigenvalue weighted by Gasteiger charge is 2.15. The maximum absolute atomic E-state index is 13.2. The van der Waals surface area contributed by atoms with Gasteiger partial charge in [-0.15, -0.1) is 0 Å². The summed E-state index contributed by atoms with van der Waals surface area (Å²) in [7, 11) is 0. The summed E-state index contributed by atoms with van der Waals surface area (Å²) >= 11 is 0. The Labute approximate surface area is 114 Å². The molecule has 1 aliphatic carbocycles. The maximum atomic E-state index is 13.2. The van der Waals surface area contributed by atoms with Crippen LogP contribution in [0.1, 0.15) is 43.6 Å². The summed E-state index contributed by atoms with van der Waals surface area (Å²) < 4.78 is 13.2. The van der Waals surface area contributed by atoms with Crippen LogP contribution in [0.2, 0.25) is 0 Å². The van der Waals surface area contributed by atoms with Crippen LogP contribution in [0.3, 0.4) is 0 Å². The zero-order valence-electron chi connectivity index (χ0n) is 11.1. The second kappa shape index (κ2) is 5.56. The van der Waals surface area contributed by atoms with Gasteiger partial charge in [0.05, 0.1) is 0 Å². The Morgan fingerprint density at radius 3 is 2.21 bits per heavy atom. The molecule has 0 N–H and O–H groups in total. The van der Waals surface area contributed by atoms with Crippen LogP contribution >= 0.6 is 0 Å². The van der Waals surface area contributed by atoms with Crippen molar-refractivity contribution >= 4 is 0 Å². The first kappa shape index (κ1) is 12.4. The van der Waals surface area contributed by atoms with Crippen LogP contribution in [0.15, 0.2) is 48.5 Å². The molecule has 1 saturated carbocycles. The fourth-order valence-electron chi connectivity index (χ4n) is 3.05. The van der Waals surface area contributed by atoms with Gasteiger partial charge in [0.1, 0.15) is 5.82 Å². The van der Waals surface area contributed by atoms with Gasteiger partial charge in [-0.3, -0.25) is 0 Å². The summed E-state index contributed by atoms with van der Waals surface area (Å²) in [5, 5.41) is 0. The number of benzene rings is 2. The van der Waals surface area contributed by atoms with Crippen molar-refractivity contribution in [3.8, 4) is 11.1 Å². The summed E-state index contributed by atoms with van der Waals surface area (Å²) in [6.45, 7) is 0. The number of halogens is 1. The van der Waals surface area contributed by atoms with Crippen molar-refractivity contribution in [2.75, 3.05) is 0 Å². The average Bonchev–Trinajstić information content (AvgIpc) is 2.48. The Morgan fingerprint density at radius 2 is 1.53 bits per heavy atom. The van der Waals surface area contributed by atoms with E-state index < -0.39 is 0 Å². The van der Waals surface area contributed by atoms with Gasteiger partial charge in [0.25, 0.3) is 0 Å². The monoisotopic (exact) mass is 254 g/mol. The molecule has 0 atom stereocenters. The molecule has 1 aliphatic rings. The van der Waals surface area contributed by atoms with E-state index >= 15 is 0 Å². The minimum absolute atomic E-state index is 0.172. The lowest BCUT2D eigenvalue weighted by atomic mass is 9.84. The van der Waals surface area contributed by atoms with Gasteiger partial charge in [-0.05, 0) is 47.6 Å².